The minimum atomic E-state index is -1.51. The van der Waals surface area contributed by atoms with Crippen LogP contribution in [0.4, 0.5) is 0 Å². The molecule has 0 radical (unpaired) electrons. The molecule has 0 saturated carbocycles. The molecule has 0 aliphatic heterocycles. The fraction of sp³-hybridized carbons (Fsp3) is 0.684. The molecule has 0 aromatic carbocycles. The summed E-state index contributed by atoms with van der Waals surface area (Å²) in [5.41, 5.74) is 15.9. The molecule has 15 nitrogen and oxygen atoms in total. The number of hydrogen-bond acceptors (Lipinski definition) is 8. The highest BCUT2D eigenvalue weighted by molar-refractivity contribution is 5.94. The summed E-state index contributed by atoms with van der Waals surface area (Å²) in [5.74, 6) is -5.55. The normalized spacial score (nSPS) is 14.3. The third kappa shape index (κ3) is 12.5. The molecule has 0 heterocycles. The van der Waals surface area contributed by atoms with Crippen molar-refractivity contribution in [3.8, 4) is 0 Å². The van der Waals surface area contributed by atoms with Crippen LogP contribution in [-0.4, -0.2) is 88.3 Å². The van der Waals surface area contributed by atoms with E-state index in [1.165, 1.54) is 0 Å². The van der Waals surface area contributed by atoms with Gasteiger partial charge in [0.15, 0.2) is 5.96 Å². The maximum absolute atomic E-state index is 12.7. The van der Waals surface area contributed by atoms with Crippen molar-refractivity contribution in [2.24, 2.45) is 28.1 Å². The van der Waals surface area contributed by atoms with E-state index in [0.717, 1.165) is 0 Å². The minimum absolute atomic E-state index is 0.0164. The average Bonchev–Trinajstić information content (AvgIpc) is 2.71. The van der Waals surface area contributed by atoms with Crippen LogP contribution in [-0.2, 0) is 24.0 Å². The molecule has 0 rings (SSSR count). The van der Waals surface area contributed by atoms with Crippen LogP contribution in [0.5, 0.6) is 0 Å². The lowest BCUT2D eigenvalue weighted by atomic mass is 10.0. The summed E-state index contributed by atoms with van der Waals surface area (Å²) >= 11 is 0. The Bertz CT molecular complexity index is 755. The van der Waals surface area contributed by atoms with Gasteiger partial charge in [0.2, 0.25) is 17.7 Å². The SMILES string of the molecule is CC(C)CC(NC(=O)C(N)CC(=O)O)C(=O)NC(CO)C(=O)NC(CCCN=C(N)N)C(=O)O. The molecule has 4 atom stereocenters. The number of hydrogen-bond donors (Lipinski definition) is 9. The van der Waals surface area contributed by atoms with E-state index in [1.807, 2.05) is 0 Å². The Labute approximate surface area is 196 Å². The number of nitrogens with two attached hydrogens (primary N) is 3. The molecule has 3 amide bonds. The summed E-state index contributed by atoms with van der Waals surface area (Å²) in [6, 6.07) is -5.41. The van der Waals surface area contributed by atoms with Crippen molar-refractivity contribution in [1.29, 1.82) is 0 Å². The quantitative estimate of drug-likeness (QED) is 0.0580. The molecule has 194 valence electrons. The number of nitrogens with one attached hydrogen (secondary N) is 3. The second kappa shape index (κ2) is 15.4. The Balaban J connectivity index is 5.20. The van der Waals surface area contributed by atoms with Crippen molar-refractivity contribution in [1.82, 2.24) is 16.0 Å². The molecule has 0 aromatic heterocycles. The topological polar surface area (TPSA) is 273 Å². The molecule has 0 bridgehead atoms. The van der Waals surface area contributed by atoms with Gasteiger partial charge in [0, 0.05) is 6.54 Å². The zero-order valence-electron chi connectivity index (χ0n) is 19.2. The molecule has 0 aliphatic rings. The van der Waals surface area contributed by atoms with E-state index < -0.39 is 66.9 Å². The largest absolute Gasteiger partial charge is 0.481 e. The van der Waals surface area contributed by atoms with Gasteiger partial charge in [-0.2, -0.15) is 0 Å². The van der Waals surface area contributed by atoms with Gasteiger partial charge in [0.1, 0.15) is 18.1 Å². The summed E-state index contributed by atoms with van der Waals surface area (Å²) in [5, 5.41) is 34.5. The fourth-order valence-electron chi connectivity index (χ4n) is 2.76. The van der Waals surface area contributed by atoms with E-state index in [1.54, 1.807) is 13.8 Å². The molecular formula is C19H35N7O8. The van der Waals surface area contributed by atoms with Gasteiger partial charge in [-0.3, -0.25) is 24.2 Å². The van der Waals surface area contributed by atoms with E-state index >= 15 is 0 Å². The molecular weight excluding hydrogens is 454 g/mol. The summed E-state index contributed by atoms with van der Waals surface area (Å²) in [4.78, 5) is 63.2. The van der Waals surface area contributed by atoms with E-state index in [0.29, 0.717) is 0 Å². The van der Waals surface area contributed by atoms with Crippen molar-refractivity contribution >= 4 is 35.6 Å². The Morgan fingerprint density at radius 2 is 1.41 bits per heavy atom. The number of aliphatic imine (C=N–C) groups is 1. The zero-order valence-corrected chi connectivity index (χ0v) is 19.2. The van der Waals surface area contributed by atoms with Gasteiger partial charge in [-0.1, -0.05) is 13.8 Å². The van der Waals surface area contributed by atoms with E-state index in [9.17, 15) is 34.2 Å². The van der Waals surface area contributed by atoms with Crippen molar-refractivity contribution in [3.05, 3.63) is 0 Å². The molecule has 15 heteroatoms. The molecule has 0 aromatic rings. The molecule has 0 fully saturated rings. The van der Waals surface area contributed by atoms with Crippen LogP contribution in [0.15, 0.2) is 4.99 Å². The molecule has 34 heavy (non-hydrogen) atoms. The lowest BCUT2D eigenvalue weighted by molar-refractivity contribution is -0.142. The number of carbonyl (C=O) groups excluding carboxylic acids is 3. The molecule has 0 spiro atoms. The van der Waals surface area contributed by atoms with Gasteiger partial charge in [-0.25, -0.2) is 4.79 Å². The molecule has 0 saturated heterocycles. The predicted octanol–water partition coefficient (Wildman–Crippen LogP) is -3.58. The maximum atomic E-state index is 12.7. The Hall–Kier alpha value is -3.46. The fourth-order valence-corrected chi connectivity index (χ4v) is 2.76. The standard InChI is InChI=1S/C19H35N7O8/c1-9(2)6-12(25-15(30)10(20)7-14(28)29)16(31)26-13(8-27)17(32)24-11(18(33)34)4-3-5-23-19(21)22/h9-13,27H,3-8,20H2,1-2H3,(H,24,32)(H,25,30)(H,26,31)(H,28,29)(H,33,34)(H4,21,22,23). The first-order valence-corrected chi connectivity index (χ1v) is 10.6. The van der Waals surface area contributed by atoms with Crippen LogP contribution in [0, 0.1) is 5.92 Å². The van der Waals surface area contributed by atoms with Gasteiger partial charge in [-0.15, -0.1) is 0 Å². The van der Waals surface area contributed by atoms with Crippen molar-refractivity contribution in [2.45, 2.75) is 63.7 Å². The van der Waals surface area contributed by atoms with Crippen molar-refractivity contribution in [3.63, 3.8) is 0 Å². The lowest BCUT2D eigenvalue weighted by Crippen LogP contribution is -2.58. The molecule has 12 N–H and O–H groups in total. The van der Waals surface area contributed by atoms with Gasteiger partial charge in [0.25, 0.3) is 0 Å². The average molecular weight is 490 g/mol. The highest BCUT2D eigenvalue weighted by atomic mass is 16.4. The lowest BCUT2D eigenvalue weighted by Gasteiger charge is -2.25. The van der Waals surface area contributed by atoms with Crippen molar-refractivity contribution in [2.75, 3.05) is 13.2 Å². The minimum Gasteiger partial charge on any atom is -0.481 e. The van der Waals surface area contributed by atoms with Crippen LogP contribution in [0.25, 0.3) is 0 Å². The number of carboxylic acid groups (broad SMARTS) is 2. The summed E-state index contributed by atoms with van der Waals surface area (Å²) < 4.78 is 0. The predicted molar refractivity (Wildman–Crippen MR) is 120 cm³/mol. The first kappa shape index (κ1) is 30.5. The van der Waals surface area contributed by atoms with Crippen LogP contribution >= 0.6 is 0 Å². The molecule has 0 aliphatic carbocycles. The van der Waals surface area contributed by atoms with Crippen LogP contribution in [0.2, 0.25) is 0 Å². The smallest absolute Gasteiger partial charge is 0.326 e. The van der Waals surface area contributed by atoms with E-state index in [2.05, 4.69) is 20.9 Å². The van der Waals surface area contributed by atoms with Gasteiger partial charge in [0.05, 0.1) is 19.1 Å². The maximum Gasteiger partial charge on any atom is 0.326 e. The van der Waals surface area contributed by atoms with Crippen molar-refractivity contribution < 1.29 is 39.3 Å². The van der Waals surface area contributed by atoms with Gasteiger partial charge in [-0.05, 0) is 25.2 Å². The number of aliphatic carboxylic acids is 2. The molecule has 4 unspecified atom stereocenters. The Kier molecular flexibility index (Phi) is 13.8. The Morgan fingerprint density at radius 1 is 0.882 bits per heavy atom. The first-order valence-electron chi connectivity index (χ1n) is 10.6. The second-order valence-electron chi connectivity index (χ2n) is 7.99. The number of guanidine groups is 1. The van der Waals surface area contributed by atoms with Crippen LogP contribution in [0.3, 0.4) is 0 Å². The summed E-state index contributed by atoms with van der Waals surface area (Å²) in [6.07, 6.45) is -0.301. The van der Waals surface area contributed by atoms with E-state index in [-0.39, 0.29) is 37.7 Å². The monoisotopic (exact) mass is 489 g/mol. The number of aliphatic hydroxyl groups is 1. The third-order valence-corrected chi connectivity index (χ3v) is 4.45. The number of rotatable bonds is 16. The van der Waals surface area contributed by atoms with E-state index in [4.69, 9.17) is 22.3 Å². The van der Waals surface area contributed by atoms with Gasteiger partial charge < -0.3 is 48.5 Å². The number of amides is 3. The van der Waals surface area contributed by atoms with Crippen LogP contribution in [0.1, 0.15) is 39.5 Å². The third-order valence-electron chi connectivity index (χ3n) is 4.45. The first-order chi connectivity index (χ1) is 15.8. The summed E-state index contributed by atoms with van der Waals surface area (Å²) in [7, 11) is 0. The zero-order chi connectivity index (χ0) is 26.4. The highest BCUT2D eigenvalue weighted by Gasteiger charge is 2.30. The highest BCUT2D eigenvalue weighted by Crippen LogP contribution is 2.07. The number of aliphatic hydroxyl groups excluding tert-OH is 1. The van der Waals surface area contributed by atoms with Crippen LogP contribution < -0.4 is 33.2 Å². The van der Waals surface area contributed by atoms with Gasteiger partial charge >= 0.3 is 11.9 Å². The Morgan fingerprint density at radius 3 is 1.88 bits per heavy atom. The number of nitrogens with zero attached hydrogens (tertiary/aromatic N) is 1. The number of carbonyl (C=O) groups is 5. The number of carboxylic acids is 2. The second-order valence-corrected chi connectivity index (χ2v) is 7.99. The summed E-state index contributed by atoms with van der Waals surface area (Å²) in [6.45, 7) is 2.82.